The molecular weight excluding hydrogens is 348 g/mol. The number of nitrogens with one attached hydrogen (secondary N) is 1. The zero-order valence-electron chi connectivity index (χ0n) is 13.6. The third kappa shape index (κ3) is 3.68. The van der Waals surface area contributed by atoms with Gasteiger partial charge in [0, 0.05) is 19.3 Å². The molecule has 7 nitrogen and oxygen atoms in total. The van der Waals surface area contributed by atoms with E-state index in [0.29, 0.717) is 26.1 Å². The monoisotopic (exact) mass is 368 g/mol. The second-order valence-electron chi connectivity index (χ2n) is 6.02. The van der Waals surface area contributed by atoms with Crippen molar-refractivity contribution in [3.63, 3.8) is 0 Å². The summed E-state index contributed by atoms with van der Waals surface area (Å²) in [5, 5.41) is 1.92. The molecule has 130 valence electrons. The Morgan fingerprint density at radius 3 is 2.96 bits per heavy atom. The molecule has 0 bridgehead atoms. The van der Waals surface area contributed by atoms with E-state index in [2.05, 4.69) is 9.71 Å². The first kappa shape index (κ1) is 17.1. The fourth-order valence-corrected chi connectivity index (χ4v) is 4.30. The lowest BCUT2D eigenvalue weighted by atomic mass is 10.1. The summed E-state index contributed by atoms with van der Waals surface area (Å²) in [7, 11) is -3.21. The summed E-state index contributed by atoms with van der Waals surface area (Å²) in [6, 6.07) is 1.95. The Balaban J connectivity index is 1.76. The van der Waals surface area contributed by atoms with Crippen LogP contribution >= 0.6 is 11.3 Å². The van der Waals surface area contributed by atoms with Crippen LogP contribution in [0.25, 0.3) is 0 Å². The van der Waals surface area contributed by atoms with E-state index in [4.69, 9.17) is 0 Å². The molecule has 0 unspecified atom stereocenters. The normalized spacial score (nSPS) is 17.8. The van der Waals surface area contributed by atoms with E-state index in [1.165, 1.54) is 11.3 Å². The van der Waals surface area contributed by atoms with Gasteiger partial charge in [-0.05, 0) is 30.4 Å². The number of amides is 1. The highest BCUT2D eigenvalue weighted by Crippen LogP contribution is 2.26. The topological polar surface area (TPSA) is 84.3 Å². The molecule has 0 radical (unpaired) electrons. The molecule has 3 rings (SSSR count). The minimum atomic E-state index is -3.21. The van der Waals surface area contributed by atoms with Crippen molar-refractivity contribution in [3.05, 3.63) is 40.1 Å². The second-order valence-corrected chi connectivity index (χ2v) is 8.77. The molecule has 0 aliphatic carbocycles. The maximum absolute atomic E-state index is 12.8. The van der Waals surface area contributed by atoms with Crippen LogP contribution in [0.1, 0.15) is 33.4 Å². The zero-order valence-corrected chi connectivity index (χ0v) is 15.2. The molecule has 24 heavy (non-hydrogen) atoms. The summed E-state index contributed by atoms with van der Waals surface area (Å²) in [6.07, 6.45) is 5.26. The van der Waals surface area contributed by atoms with Gasteiger partial charge >= 0.3 is 0 Å². The third-order valence-electron chi connectivity index (χ3n) is 4.11. The third-order valence-corrected chi connectivity index (χ3v) is 5.84. The Bertz CT molecular complexity index is 841. The van der Waals surface area contributed by atoms with Gasteiger partial charge < -0.3 is 9.47 Å². The van der Waals surface area contributed by atoms with Gasteiger partial charge in [-0.2, -0.15) is 0 Å². The number of fused-ring (bicyclic) bond motifs is 1. The van der Waals surface area contributed by atoms with Crippen LogP contribution in [0, 0.1) is 6.92 Å². The number of nitrogens with zero attached hydrogens (tertiary/aromatic N) is 3. The number of sulfonamides is 1. The average Bonchev–Trinajstić information content (AvgIpc) is 3.13. The van der Waals surface area contributed by atoms with Gasteiger partial charge in [0.1, 0.15) is 0 Å². The van der Waals surface area contributed by atoms with Crippen molar-refractivity contribution in [3.8, 4) is 0 Å². The Morgan fingerprint density at radius 1 is 1.50 bits per heavy atom. The molecule has 1 atom stereocenters. The fourth-order valence-electron chi connectivity index (χ4n) is 2.92. The zero-order chi connectivity index (χ0) is 17.3. The summed E-state index contributed by atoms with van der Waals surface area (Å²) in [4.78, 5) is 19.5. The number of carbonyl (C=O) groups is 1. The molecule has 1 aliphatic rings. The number of rotatable bonds is 5. The van der Waals surface area contributed by atoms with Gasteiger partial charge in [0.2, 0.25) is 10.0 Å². The molecule has 1 N–H and O–H groups in total. The highest BCUT2D eigenvalue weighted by Gasteiger charge is 2.29. The van der Waals surface area contributed by atoms with Gasteiger partial charge in [-0.3, -0.25) is 4.79 Å². The number of carbonyl (C=O) groups excluding carboxylic acids is 1. The Kier molecular flexibility index (Phi) is 4.75. The number of aromatic nitrogens is 2. The number of aryl methyl sites for hydroxylation is 1. The molecule has 3 heterocycles. The highest BCUT2D eigenvalue weighted by atomic mass is 32.2. The lowest BCUT2D eigenvalue weighted by Crippen LogP contribution is -2.41. The van der Waals surface area contributed by atoms with Gasteiger partial charge in [-0.1, -0.05) is 0 Å². The molecule has 0 fully saturated rings. The summed E-state index contributed by atoms with van der Waals surface area (Å²) in [6.45, 7) is 3.34. The molecule has 1 aliphatic heterocycles. The lowest BCUT2D eigenvalue weighted by Gasteiger charge is -2.34. The maximum atomic E-state index is 12.8. The highest BCUT2D eigenvalue weighted by molar-refractivity contribution is 7.88. The van der Waals surface area contributed by atoms with Crippen molar-refractivity contribution in [2.75, 3.05) is 19.3 Å². The molecule has 1 amide bonds. The quantitative estimate of drug-likeness (QED) is 0.864. The Labute approximate surface area is 145 Å². The molecule has 2 aromatic heterocycles. The van der Waals surface area contributed by atoms with Crippen molar-refractivity contribution in [2.24, 2.45) is 0 Å². The van der Waals surface area contributed by atoms with E-state index in [1.54, 1.807) is 12.5 Å². The van der Waals surface area contributed by atoms with E-state index in [-0.39, 0.29) is 11.9 Å². The van der Waals surface area contributed by atoms with E-state index < -0.39 is 10.0 Å². The van der Waals surface area contributed by atoms with E-state index in [9.17, 15) is 13.2 Å². The minimum Gasteiger partial charge on any atom is -0.330 e. The summed E-state index contributed by atoms with van der Waals surface area (Å²) in [5.41, 5.74) is 1.95. The van der Waals surface area contributed by atoms with Crippen LogP contribution < -0.4 is 4.72 Å². The molecule has 2 aromatic rings. The first-order valence-electron chi connectivity index (χ1n) is 7.64. The van der Waals surface area contributed by atoms with Crippen LogP contribution in [-0.2, 0) is 16.6 Å². The summed E-state index contributed by atoms with van der Waals surface area (Å²) in [5.74, 6) is 0.0241. The van der Waals surface area contributed by atoms with Gasteiger partial charge in [0.25, 0.3) is 5.91 Å². The van der Waals surface area contributed by atoms with E-state index in [0.717, 1.165) is 22.4 Å². The Morgan fingerprint density at radius 2 is 2.29 bits per heavy atom. The molecule has 9 heteroatoms. The SMILES string of the molecule is Cc1ccsc1C(=O)N1Cc2cncn2[C@@H](CCNS(C)(=O)=O)C1. The summed E-state index contributed by atoms with van der Waals surface area (Å²) < 4.78 is 27.0. The van der Waals surface area contributed by atoms with Crippen LogP contribution in [0.5, 0.6) is 0 Å². The van der Waals surface area contributed by atoms with Gasteiger partial charge in [0.05, 0.1) is 35.7 Å². The predicted molar refractivity (Wildman–Crippen MR) is 92.5 cm³/mol. The number of hydrogen-bond acceptors (Lipinski definition) is 5. The van der Waals surface area contributed by atoms with E-state index >= 15 is 0 Å². The van der Waals surface area contributed by atoms with Crippen molar-refractivity contribution >= 4 is 27.3 Å². The van der Waals surface area contributed by atoms with Crippen molar-refractivity contribution < 1.29 is 13.2 Å². The maximum Gasteiger partial charge on any atom is 0.264 e. The first-order chi connectivity index (χ1) is 11.3. The molecule has 0 spiro atoms. The molecule has 0 saturated heterocycles. The smallest absolute Gasteiger partial charge is 0.264 e. The van der Waals surface area contributed by atoms with E-state index in [1.807, 2.05) is 27.8 Å². The average molecular weight is 368 g/mol. The predicted octanol–water partition coefficient (Wildman–Crippen LogP) is 1.39. The molecule has 0 saturated carbocycles. The van der Waals surface area contributed by atoms with Crippen LogP contribution in [0.2, 0.25) is 0 Å². The number of hydrogen-bond donors (Lipinski definition) is 1. The van der Waals surface area contributed by atoms with Crippen LogP contribution in [-0.4, -0.2) is 48.1 Å². The number of thiophene rings is 1. The number of imidazole rings is 1. The molecular formula is C15H20N4O3S2. The van der Waals surface area contributed by atoms with Gasteiger partial charge in [0.15, 0.2) is 0 Å². The minimum absolute atomic E-state index is 0.00900. The van der Waals surface area contributed by atoms with Gasteiger partial charge in [-0.15, -0.1) is 11.3 Å². The van der Waals surface area contributed by atoms with Crippen LogP contribution in [0.3, 0.4) is 0 Å². The van der Waals surface area contributed by atoms with Crippen molar-refractivity contribution in [1.82, 2.24) is 19.2 Å². The largest absolute Gasteiger partial charge is 0.330 e. The fraction of sp³-hybridized carbons (Fsp3) is 0.467. The lowest BCUT2D eigenvalue weighted by molar-refractivity contribution is 0.0679. The van der Waals surface area contributed by atoms with Crippen molar-refractivity contribution in [2.45, 2.75) is 25.9 Å². The summed E-state index contributed by atoms with van der Waals surface area (Å²) >= 11 is 1.45. The van der Waals surface area contributed by atoms with Crippen LogP contribution in [0.4, 0.5) is 0 Å². The van der Waals surface area contributed by atoms with Crippen molar-refractivity contribution in [1.29, 1.82) is 0 Å². The molecule has 0 aromatic carbocycles. The van der Waals surface area contributed by atoms with Crippen LogP contribution in [0.15, 0.2) is 24.0 Å². The Hall–Kier alpha value is -1.71. The first-order valence-corrected chi connectivity index (χ1v) is 10.4. The van der Waals surface area contributed by atoms with Gasteiger partial charge in [-0.25, -0.2) is 18.1 Å². The standard InChI is InChI=1S/C15H20N4O3S2/c1-11-4-6-23-14(11)15(20)18-8-12(3-5-17-24(2,21)22)19-10-16-7-13(19)9-18/h4,6-7,10,12,17H,3,5,8-9H2,1-2H3/t12-/m0/s1. The second kappa shape index (κ2) is 6.66.